The van der Waals surface area contributed by atoms with E-state index in [9.17, 15) is 13.6 Å². The first kappa shape index (κ1) is 12.3. The molecule has 4 nitrogen and oxygen atoms in total. The number of aromatic nitrogens is 1. The molecular weight excluding hydrogens is 242 g/mol. The van der Waals surface area contributed by atoms with Crippen LogP contribution in [-0.2, 0) is 5.88 Å². The van der Waals surface area contributed by atoms with Crippen molar-refractivity contribution in [2.24, 2.45) is 0 Å². The number of nitriles is 1. The van der Waals surface area contributed by atoms with E-state index in [1.54, 1.807) is 0 Å². The van der Waals surface area contributed by atoms with Crippen LogP contribution in [0.2, 0.25) is 0 Å². The smallest absolute Gasteiger partial charge is 0.354 e. The van der Waals surface area contributed by atoms with E-state index in [1.165, 1.54) is 6.07 Å². The van der Waals surface area contributed by atoms with Gasteiger partial charge in [0.1, 0.15) is 11.8 Å². The van der Waals surface area contributed by atoms with Crippen LogP contribution in [0.5, 0.6) is 0 Å². The number of nitrogens with zero attached hydrogens (tertiary/aromatic N) is 2. The molecule has 16 heavy (non-hydrogen) atoms. The molecule has 1 rings (SSSR count). The number of rotatable bonds is 3. The summed E-state index contributed by atoms with van der Waals surface area (Å²) in [7, 11) is 0. The van der Waals surface area contributed by atoms with Crippen molar-refractivity contribution >= 4 is 17.6 Å². The van der Waals surface area contributed by atoms with Gasteiger partial charge in [-0.25, -0.2) is 18.6 Å². The van der Waals surface area contributed by atoms with Gasteiger partial charge in [-0.3, -0.25) is 0 Å². The molecule has 0 unspecified atom stereocenters. The van der Waals surface area contributed by atoms with Crippen molar-refractivity contribution < 1.29 is 18.7 Å². The van der Waals surface area contributed by atoms with Crippen molar-refractivity contribution in [3.63, 3.8) is 0 Å². The molecule has 0 aliphatic carbocycles. The summed E-state index contributed by atoms with van der Waals surface area (Å²) >= 11 is 5.40. The third-order valence-corrected chi connectivity index (χ3v) is 2.11. The number of carboxylic acids is 1. The van der Waals surface area contributed by atoms with E-state index in [0.717, 1.165) is 6.07 Å². The highest BCUT2D eigenvalue weighted by Gasteiger charge is 2.22. The summed E-state index contributed by atoms with van der Waals surface area (Å²) in [5, 5.41) is 17.3. The highest BCUT2D eigenvalue weighted by molar-refractivity contribution is 6.17. The number of hydrogen-bond acceptors (Lipinski definition) is 3. The Morgan fingerprint density at radius 2 is 2.31 bits per heavy atom. The minimum Gasteiger partial charge on any atom is -0.477 e. The zero-order chi connectivity index (χ0) is 12.3. The van der Waals surface area contributed by atoms with Crippen LogP contribution in [-0.4, -0.2) is 16.1 Å². The Morgan fingerprint density at radius 3 is 2.69 bits per heavy atom. The Bertz CT molecular complexity index is 471. The second-order valence-electron chi connectivity index (χ2n) is 2.78. The van der Waals surface area contributed by atoms with Crippen LogP contribution in [0.4, 0.5) is 8.78 Å². The molecule has 0 atom stereocenters. The van der Waals surface area contributed by atoms with Gasteiger partial charge in [-0.2, -0.15) is 5.26 Å². The van der Waals surface area contributed by atoms with E-state index in [1.807, 2.05) is 0 Å². The number of aromatic carboxylic acids is 1. The van der Waals surface area contributed by atoms with E-state index in [2.05, 4.69) is 4.98 Å². The van der Waals surface area contributed by atoms with Crippen molar-refractivity contribution in [2.45, 2.75) is 12.3 Å². The molecule has 0 saturated carbocycles. The zero-order valence-electron chi connectivity index (χ0n) is 7.75. The van der Waals surface area contributed by atoms with Crippen LogP contribution in [0.25, 0.3) is 0 Å². The topological polar surface area (TPSA) is 74.0 Å². The summed E-state index contributed by atoms with van der Waals surface area (Å²) in [5.74, 6) is -1.89. The average Bonchev–Trinajstić information content (AvgIpc) is 2.26. The predicted molar refractivity (Wildman–Crippen MR) is 50.4 cm³/mol. The number of carboxylic acid groups (broad SMARTS) is 1. The summed E-state index contributed by atoms with van der Waals surface area (Å²) < 4.78 is 25.2. The molecule has 0 aliphatic rings. The summed E-state index contributed by atoms with van der Waals surface area (Å²) in [5.41, 5.74) is -1.81. The van der Waals surface area contributed by atoms with Gasteiger partial charge in [-0.1, -0.05) is 0 Å². The van der Waals surface area contributed by atoms with Gasteiger partial charge in [0.05, 0.1) is 5.88 Å². The van der Waals surface area contributed by atoms with Crippen LogP contribution >= 0.6 is 11.6 Å². The van der Waals surface area contributed by atoms with Crippen molar-refractivity contribution in [1.29, 1.82) is 5.26 Å². The highest BCUT2D eigenvalue weighted by Crippen LogP contribution is 2.27. The number of halogens is 3. The van der Waals surface area contributed by atoms with Gasteiger partial charge in [0.2, 0.25) is 0 Å². The molecule has 1 aromatic heterocycles. The highest BCUT2D eigenvalue weighted by atomic mass is 35.5. The maximum absolute atomic E-state index is 12.6. The molecule has 7 heteroatoms. The minimum atomic E-state index is -2.90. The quantitative estimate of drug-likeness (QED) is 0.831. The Labute approximate surface area is 94.1 Å². The monoisotopic (exact) mass is 246 g/mol. The molecule has 0 spiro atoms. The fourth-order valence-electron chi connectivity index (χ4n) is 1.16. The molecular formula is C9H5ClF2N2O2. The SMILES string of the molecule is N#Cc1cc(C(F)F)c(CCl)c(C(=O)O)n1. The summed E-state index contributed by atoms with van der Waals surface area (Å²) in [6.07, 6.45) is -2.90. The van der Waals surface area contributed by atoms with Gasteiger partial charge < -0.3 is 5.11 Å². The van der Waals surface area contributed by atoms with E-state index < -0.39 is 29.5 Å². The number of carbonyl (C=O) groups is 1. The third kappa shape index (κ3) is 2.25. The lowest BCUT2D eigenvalue weighted by Crippen LogP contribution is -2.10. The minimum absolute atomic E-state index is 0.261. The first-order valence-corrected chi connectivity index (χ1v) is 4.56. The van der Waals surface area contributed by atoms with Crippen molar-refractivity contribution in [1.82, 2.24) is 4.98 Å². The molecule has 1 N–H and O–H groups in total. The maximum atomic E-state index is 12.6. The number of alkyl halides is 3. The molecule has 0 fully saturated rings. The maximum Gasteiger partial charge on any atom is 0.354 e. The fourth-order valence-corrected chi connectivity index (χ4v) is 1.44. The lowest BCUT2D eigenvalue weighted by molar-refractivity contribution is 0.0688. The Kier molecular flexibility index (Phi) is 3.74. The first-order chi connectivity index (χ1) is 7.51. The average molecular weight is 247 g/mol. The predicted octanol–water partition coefficient (Wildman–Crippen LogP) is 2.33. The Balaban J connectivity index is 3.54. The molecule has 84 valence electrons. The van der Waals surface area contributed by atoms with Crippen LogP contribution in [0.3, 0.4) is 0 Å². The van der Waals surface area contributed by atoms with Gasteiger partial charge in [0.15, 0.2) is 5.69 Å². The lowest BCUT2D eigenvalue weighted by Gasteiger charge is -2.09. The Morgan fingerprint density at radius 1 is 1.69 bits per heavy atom. The normalized spacial score (nSPS) is 10.2. The third-order valence-electron chi connectivity index (χ3n) is 1.84. The van der Waals surface area contributed by atoms with Crippen LogP contribution in [0, 0.1) is 11.3 Å². The molecule has 0 aromatic carbocycles. The molecule has 0 amide bonds. The first-order valence-electron chi connectivity index (χ1n) is 4.02. The van der Waals surface area contributed by atoms with Crippen LogP contribution in [0.1, 0.15) is 33.7 Å². The molecule has 0 bridgehead atoms. The second kappa shape index (κ2) is 4.86. The molecule has 0 radical (unpaired) electrons. The molecule has 1 aromatic rings. The fraction of sp³-hybridized carbons (Fsp3) is 0.222. The van der Waals surface area contributed by atoms with Gasteiger partial charge in [-0.05, 0) is 6.07 Å². The van der Waals surface area contributed by atoms with Gasteiger partial charge in [0, 0.05) is 11.1 Å². The number of pyridine rings is 1. The standard InChI is InChI=1S/C9H5ClF2N2O2/c10-2-6-5(8(11)12)1-4(3-13)14-7(6)9(15)16/h1,8H,2H2,(H,15,16). The van der Waals surface area contributed by atoms with E-state index in [0.29, 0.717) is 0 Å². The summed E-state index contributed by atoms with van der Waals surface area (Å²) in [6.45, 7) is 0. The largest absolute Gasteiger partial charge is 0.477 e. The van der Waals surface area contributed by atoms with E-state index in [4.69, 9.17) is 22.0 Å². The van der Waals surface area contributed by atoms with Gasteiger partial charge in [0.25, 0.3) is 6.43 Å². The van der Waals surface area contributed by atoms with Crippen LogP contribution in [0.15, 0.2) is 6.07 Å². The van der Waals surface area contributed by atoms with Crippen LogP contribution < -0.4 is 0 Å². The number of hydrogen-bond donors (Lipinski definition) is 1. The summed E-state index contributed by atoms with van der Waals surface area (Å²) in [4.78, 5) is 14.2. The lowest BCUT2D eigenvalue weighted by atomic mass is 10.1. The Hall–Kier alpha value is -1.74. The molecule has 1 heterocycles. The summed E-state index contributed by atoms with van der Waals surface area (Å²) in [6, 6.07) is 2.36. The van der Waals surface area contributed by atoms with Crippen molar-refractivity contribution in [2.75, 3.05) is 0 Å². The van der Waals surface area contributed by atoms with Gasteiger partial charge in [-0.15, -0.1) is 11.6 Å². The second-order valence-corrected chi connectivity index (χ2v) is 3.04. The van der Waals surface area contributed by atoms with E-state index in [-0.39, 0.29) is 11.3 Å². The van der Waals surface area contributed by atoms with Gasteiger partial charge >= 0.3 is 5.97 Å². The molecule has 0 saturated heterocycles. The van der Waals surface area contributed by atoms with Crippen molar-refractivity contribution in [3.05, 3.63) is 28.6 Å². The van der Waals surface area contributed by atoms with E-state index >= 15 is 0 Å². The zero-order valence-corrected chi connectivity index (χ0v) is 8.50. The molecule has 0 aliphatic heterocycles. The van der Waals surface area contributed by atoms with Crippen molar-refractivity contribution in [3.8, 4) is 6.07 Å².